The van der Waals surface area contributed by atoms with E-state index in [4.69, 9.17) is 11.6 Å². The summed E-state index contributed by atoms with van der Waals surface area (Å²) in [5.74, 6) is 0.204. The second-order valence-corrected chi connectivity index (χ2v) is 9.45. The van der Waals surface area contributed by atoms with Gasteiger partial charge in [0.15, 0.2) is 0 Å². The zero-order chi connectivity index (χ0) is 24.9. The van der Waals surface area contributed by atoms with Gasteiger partial charge in [-0.2, -0.15) is 0 Å². The zero-order valence-electron chi connectivity index (χ0n) is 19.9. The number of carbonyl (C=O) groups is 1. The van der Waals surface area contributed by atoms with Crippen molar-refractivity contribution in [3.63, 3.8) is 0 Å². The molecule has 4 aromatic rings. The number of carbonyl (C=O) groups excluding carboxylic acids is 1. The number of H-pyrrole nitrogens is 1. The second-order valence-electron chi connectivity index (χ2n) is 9.05. The highest BCUT2D eigenvalue weighted by Gasteiger charge is 2.13. The van der Waals surface area contributed by atoms with Crippen molar-refractivity contribution in [1.29, 1.82) is 0 Å². The molecule has 1 aliphatic rings. The number of nitrogens with one attached hydrogen (secondary N) is 3. The topological polar surface area (TPSA) is 85.9 Å². The fourth-order valence-electron chi connectivity index (χ4n) is 4.44. The van der Waals surface area contributed by atoms with Crippen LogP contribution < -0.4 is 10.6 Å². The largest absolute Gasteiger partial charge is 0.352 e. The van der Waals surface area contributed by atoms with Crippen molar-refractivity contribution < 1.29 is 9.18 Å². The maximum absolute atomic E-state index is 13.5. The lowest BCUT2D eigenvalue weighted by Gasteiger charge is -2.25. The molecule has 5 rings (SSSR count). The third-order valence-corrected chi connectivity index (χ3v) is 6.76. The Morgan fingerprint density at radius 2 is 1.86 bits per heavy atom. The molecule has 2 aromatic carbocycles. The molecule has 36 heavy (non-hydrogen) atoms. The average Bonchev–Trinajstić information content (AvgIpc) is 3.35. The quantitative estimate of drug-likeness (QED) is 0.287. The van der Waals surface area contributed by atoms with E-state index in [1.165, 1.54) is 37.7 Å². The van der Waals surface area contributed by atoms with E-state index in [0.717, 1.165) is 41.8 Å². The van der Waals surface area contributed by atoms with E-state index in [2.05, 4.69) is 30.5 Å². The molecule has 0 aliphatic carbocycles. The maximum atomic E-state index is 13.5. The first-order valence-electron chi connectivity index (χ1n) is 12.2. The monoisotopic (exact) mass is 506 g/mol. The van der Waals surface area contributed by atoms with E-state index < -0.39 is 5.82 Å². The van der Waals surface area contributed by atoms with Crippen LogP contribution in [-0.2, 0) is 11.3 Å². The Labute approximate surface area is 214 Å². The summed E-state index contributed by atoms with van der Waals surface area (Å²) in [5, 5.41) is 7.05. The predicted octanol–water partition coefficient (Wildman–Crippen LogP) is 5.65. The Kier molecular flexibility index (Phi) is 7.44. The highest BCUT2D eigenvalue weighted by molar-refractivity contribution is 6.31. The lowest BCUT2D eigenvalue weighted by atomic mass is 10.1. The Hall–Kier alpha value is -3.49. The average molecular weight is 507 g/mol. The summed E-state index contributed by atoms with van der Waals surface area (Å²) < 4.78 is 13.5. The molecular formula is C27H28ClFN6O. The van der Waals surface area contributed by atoms with Crippen molar-refractivity contribution in [2.75, 3.05) is 25.0 Å². The van der Waals surface area contributed by atoms with Crippen LogP contribution in [0.1, 0.15) is 31.2 Å². The number of anilines is 2. The molecule has 1 saturated heterocycles. The molecule has 3 heterocycles. The predicted molar refractivity (Wildman–Crippen MR) is 141 cm³/mol. The van der Waals surface area contributed by atoms with Crippen molar-refractivity contribution in [1.82, 2.24) is 25.2 Å². The smallest absolute Gasteiger partial charge is 0.221 e. The van der Waals surface area contributed by atoms with Crippen LogP contribution in [0.15, 0.2) is 54.9 Å². The molecular weight excluding hydrogens is 479 g/mol. The molecule has 1 aliphatic heterocycles. The number of aromatic amines is 1. The van der Waals surface area contributed by atoms with E-state index in [0.29, 0.717) is 30.1 Å². The molecule has 9 heteroatoms. The lowest BCUT2D eigenvalue weighted by Crippen LogP contribution is -2.34. The molecule has 2 aromatic heterocycles. The van der Waals surface area contributed by atoms with Gasteiger partial charge in [0.1, 0.15) is 23.6 Å². The number of hydrogen-bond donors (Lipinski definition) is 3. The van der Waals surface area contributed by atoms with Crippen LogP contribution in [0.5, 0.6) is 0 Å². The van der Waals surface area contributed by atoms with Gasteiger partial charge in [0.2, 0.25) is 5.91 Å². The van der Waals surface area contributed by atoms with E-state index in [1.54, 1.807) is 6.07 Å². The van der Waals surface area contributed by atoms with Crippen molar-refractivity contribution in [2.24, 2.45) is 0 Å². The number of likely N-dealkylation sites (tertiary alicyclic amines) is 1. The minimum Gasteiger partial charge on any atom is -0.352 e. The number of fused-ring (bicyclic) bond motifs is 1. The number of rotatable bonds is 8. The summed E-state index contributed by atoms with van der Waals surface area (Å²) in [5.41, 5.74) is 4.23. The molecule has 1 fully saturated rings. The normalized spacial score (nSPS) is 14.2. The first kappa shape index (κ1) is 24.2. The SMILES string of the molecule is O=C(CCN1CCCCC1)NCc1ccc(-c2cc3c(Nc4ccc(F)c(Cl)c4)ncnc3[nH]2)cc1. The van der Waals surface area contributed by atoms with Crippen LogP contribution in [-0.4, -0.2) is 45.4 Å². The van der Waals surface area contributed by atoms with Gasteiger partial charge < -0.3 is 20.5 Å². The third kappa shape index (κ3) is 5.83. The summed E-state index contributed by atoms with van der Waals surface area (Å²) in [7, 11) is 0. The lowest BCUT2D eigenvalue weighted by molar-refractivity contribution is -0.121. The molecule has 0 atom stereocenters. The van der Waals surface area contributed by atoms with Crippen molar-refractivity contribution in [2.45, 2.75) is 32.2 Å². The van der Waals surface area contributed by atoms with Crippen LogP contribution in [0, 0.1) is 5.82 Å². The molecule has 1 amide bonds. The first-order valence-corrected chi connectivity index (χ1v) is 12.6. The molecule has 0 saturated carbocycles. The van der Waals surface area contributed by atoms with Gasteiger partial charge in [-0.1, -0.05) is 42.3 Å². The van der Waals surface area contributed by atoms with Gasteiger partial charge in [0.25, 0.3) is 0 Å². The third-order valence-electron chi connectivity index (χ3n) is 6.47. The summed E-state index contributed by atoms with van der Waals surface area (Å²) in [4.78, 5) is 26.6. The van der Waals surface area contributed by atoms with Gasteiger partial charge in [-0.15, -0.1) is 0 Å². The maximum Gasteiger partial charge on any atom is 0.221 e. The fourth-order valence-corrected chi connectivity index (χ4v) is 4.62. The van der Waals surface area contributed by atoms with E-state index >= 15 is 0 Å². The van der Waals surface area contributed by atoms with Crippen molar-refractivity contribution in [3.05, 3.63) is 71.3 Å². The van der Waals surface area contributed by atoms with Gasteiger partial charge in [0, 0.05) is 30.9 Å². The summed E-state index contributed by atoms with van der Waals surface area (Å²) in [6.07, 6.45) is 5.77. The van der Waals surface area contributed by atoms with Gasteiger partial charge in [0.05, 0.1) is 10.4 Å². The van der Waals surface area contributed by atoms with Crippen LogP contribution >= 0.6 is 11.6 Å². The molecule has 0 spiro atoms. The Morgan fingerprint density at radius 1 is 1.06 bits per heavy atom. The number of amides is 1. The minimum atomic E-state index is -0.473. The Morgan fingerprint density at radius 3 is 2.64 bits per heavy atom. The molecule has 7 nitrogen and oxygen atoms in total. The second kappa shape index (κ2) is 11.1. The minimum absolute atomic E-state index is 0.0401. The number of piperidine rings is 1. The Balaban J connectivity index is 1.22. The van der Waals surface area contributed by atoms with Crippen LogP contribution in [0.3, 0.4) is 0 Å². The molecule has 0 radical (unpaired) electrons. The highest BCUT2D eigenvalue weighted by Crippen LogP contribution is 2.29. The fraction of sp³-hybridized carbons (Fsp3) is 0.296. The zero-order valence-corrected chi connectivity index (χ0v) is 20.6. The van der Waals surface area contributed by atoms with E-state index in [1.807, 2.05) is 30.3 Å². The van der Waals surface area contributed by atoms with Gasteiger partial charge in [-0.05, 0) is 61.3 Å². The highest BCUT2D eigenvalue weighted by atomic mass is 35.5. The number of hydrogen-bond acceptors (Lipinski definition) is 5. The first-order chi connectivity index (χ1) is 17.5. The van der Waals surface area contributed by atoms with Crippen molar-refractivity contribution >= 4 is 40.0 Å². The number of benzene rings is 2. The van der Waals surface area contributed by atoms with Gasteiger partial charge in [-0.3, -0.25) is 4.79 Å². The molecule has 3 N–H and O–H groups in total. The summed E-state index contributed by atoms with van der Waals surface area (Å²) in [6, 6.07) is 14.5. The van der Waals surface area contributed by atoms with Crippen LogP contribution in [0.2, 0.25) is 5.02 Å². The molecule has 0 unspecified atom stereocenters. The molecule has 0 bridgehead atoms. The number of aromatic nitrogens is 3. The van der Waals surface area contributed by atoms with Crippen LogP contribution in [0.25, 0.3) is 22.3 Å². The van der Waals surface area contributed by atoms with E-state index in [9.17, 15) is 9.18 Å². The Bertz CT molecular complexity index is 1350. The van der Waals surface area contributed by atoms with Gasteiger partial charge >= 0.3 is 0 Å². The summed E-state index contributed by atoms with van der Waals surface area (Å²) in [6.45, 7) is 3.54. The molecule has 186 valence electrons. The standard InChI is InChI=1S/C27H28ClFN6O/c28-22-14-20(8-9-23(22)29)33-26-21-15-24(34-27(21)32-17-31-26)19-6-4-18(5-7-19)16-30-25(36)10-13-35-11-2-1-3-12-35/h4-9,14-15,17H,1-3,10-13,16H2,(H,30,36)(H2,31,32,33,34). The van der Waals surface area contributed by atoms with Crippen LogP contribution in [0.4, 0.5) is 15.9 Å². The van der Waals surface area contributed by atoms with Crippen molar-refractivity contribution in [3.8, 4) is 11.3 Å². The van der Waals surface area contributed by atoms with Gasteiger partial charge in [-0.25, -0.2) is 14.4 Å². The number of nitrogens with zero attached hydrogens (tertiary/aromatic N) is 3. The number of halogens is 2. The summed E-state index contributed by atoms with van der Waals surface area (Å²) >= 11 is 5.90. The van der Waals surface area contributed by atoms with E-state index in [-0.39, 0.29) is 10.9 Å².